The van der Waals surface area contributed by atoms with Gasteiger partial charge >= 0.3 is 12.4 Å². The molecule has 0 unspecified atom stereocenters. The minimum Gasteiger partial charge on any atom is -0.357 e. The van der Waals surface area contributed by atoms with Crippen LogP contribution >= 0.6 is 0 Å². The minimum atomic E-state index is -5.84. The third-order valence-corrected chi connectivity index (χ3v) is 5.91. The van der Waals surface area contributed by atoms with Crippen LogP contribution in [0.1, 0.15) is 58.7 Å². The molecular formula is C23H27F6N3O3. The minimum absolute atomic E-state index is 0.111. The molecule has 6 nitrogen and oxygen atoms in total. The summed E-state index contributed by atoms with van der Waals surface area (Å²) in [6.45, 7) is 7.04. The van der Waals surface area contributed by atoms with Crippen molar-refractivity contribution in [2.45, 2.75) is 65.4 Å². The molecule has 2 aromatic rings. The Morgan fingerprint density at radius 1 is 1.06 bits per heavy atom. The van der Waals surface area contributed by atoms with Gasteiger partial charge < -0.3 is 4.74 Å². The highest BCUT2D eigenvalue weighted by atomic mass is 19.4. The van der Waals surface area contributed by atoms with Gasteiger partial charge in [-0.2, -0.15) is 31.4 Å². The third-order valence-electron chi connectivity index (χ3n) is 5.91. The van der Waals surface area contributed by atoms with Crippen molar-refractivity contribution in [1.29, 1.82) is 0 Å². The summed E-state index contributed by atoms with van der Waals surface area (Å²) >= 11 is 0. The first-order valence-electron chi connectivity index (χ1n) is 10.6. The average Bonchev–Trinajstić information content (AvgIpc) is 2.95. The number of anilines is 1. The molecule has 0 atom stereocenters. The number of carbonyl (C=O) groups excluding carboxylic acids is 2. The van der Waals surface area contributed by atoms with Gasteiger partial charge in [-0.1, -0.05) is 19.4 Å². The van der Waals surface area contributed by atoms with Crippen LogP contribution in [0.3, 0.4) is 0 Å². The summed E-state index contributed by atoms with van der Waals surface area (Å²) in [4.78, 5) is 26.7. The van der Waals surface area contributed by atoms with E-state index >= 15 is 0 Å². The molecule has 0 spiro atoms. The molecule has 0 radical (unpaired) electrons. The van der Waals surface area contributed by atoms with Crippen molar-refractivity contribution < 1.29 is 40.7 Å². The molecule has 0 aliphatic rings. The van der Waals surface area contributed by atoms with Crippen LogP contribution in [-0.2, 0) is 28.6 Å². The normalized spacial score (nSPS) is 12.7. The second-order valence-electron chi connectivity index (χ2n) is 8.26. The predicted octanol–water partition coefficient (Wildman–Crippen LogP) is 5.46. The second kappa shape index (κ2) is 9.63. The number of alkyl halides is 6. The average molecular weight is 507 g/mol. The largest absolute Gasteiger partial charge is 0.430 e. The van der Waals surface area contributed by atoms with Crippen molar-refractivity contribution in [3.63, 3.8) is 0 Å². The van der Waals surface area contributed by atoms with E-state index in [0.717, 1.165) is 17.9 Å². The number of aryl methyl sites for hydroxylation is 4. The fourth-order valence-corrected chi connectivity index (χ4v) is 4.21. The van der Waals surface area contributed by atoms with Crippen LogP contribution in [0.5, 0.6) is 0 Å². The number of amides is 2. The van der Waals surface area contributed by atoms with Gasteiger partial charge in [0.1, 0.15) is 0 Å². The van der Waals surface area contributed by atoms with E-state index in [-0.39, 0.29) is 35.2 Å². The maximum absolute atomic E-state index is 14.0. The molecule has 0 N–H and O–H groups in total. The van der Waals surface area contributed by atoms with Crippen LogP contribution < -0.4 is 4.90 Å². The first-order valence-corrected chi connectivity index (χ1v) is 10.6. The molecular weight excluding hydrogens is 480 g/mol. The van der Waals surface area contributed by atoms with E-state index < -0.39 is 35.3 Å². The Bertz CT molecular complexity index is 1120. The smallest absolute Gasteiger partial charge is 0.357 e. The molecule has 0 fully saturated rings. The maximum Gasteiger partial charge on any atom is 0.430 e. The second-order valence-corrected chi connectivity index (χ2v) is 8.26. The van der Waals surface area contributed by atoms with E-state index in [2.05, 4.69) is 9.84 Å². The summed E-state index contributed by atoms with van der Waals surface area (Å²) in [7, 11) is 1.94. The molecule has 12 heteroatoms. The van der Waals surface area contributed by atoms with Crippen molar-refractivity contribution in [2.24, 2.45) is 7.05 Å². The number of carbonyl (C=O) groups is 2. The lowest BCUT2D eigenvalue weighted by atomic mass is 9.84. The van der Waals surface area contributed by atoms with Crippen molar-refractivity contribution in [3.8, 4) is 0 Å². The number of halogens is 6. The molecule has 0 saturated heterocycles. The number of methoxy groups -OCH3 is 1. The lowest BCUT2D eigenvalue weighted by Crippen LogP contribution is -2.56. The lowest BCUT2D eigenvalue weighted by molar-refractivity contribution is -0.383. The van der Waals surface area contributed by atoms with E-state index in [1.807, 2.05) is 0 Å². The van der Waals surface area contributed by atoms with Gasteiger partial charge in [0.15, 0.2) is 0 Å². The summed E-state index contributed by atoms with van der Waals surface area (Å²) in [5.74, 6) is -1.55. The molecule has 2 rings (SSSR count). The fourth-order valence-electron chi connectivity index (χ4n) is 4.21. The molecule has 0 saturated carbocycles. The number of aromatic nitrogens is 2. The number of hydrogen-bond donors (Lipinski definition) is 0. The zero-order chi connectivity index (χ0) is 27.1. The highest BCUT2D eigenvalue weighted by Gasteiger charge is 2.73. The van der Waals surface area contributed by atoms with Gasteiger partial charge in [-0.15, -0.1) is 0 Å². The van der Waals surface area contributed by atoms with Gasteiger partial charge in [-0.05, 0) is 44.4 Å². The molecule has 1 aromatic heterocycles. The van der Waals surface area contributed by atoms with Gasteiger partial charge in [0.25, 0.3) is 11.5 Å². The molecule has 0 bridgehead atoms. The predicted molar refractivity (Wildman–Crippen MR) is 116 cm³/mol. The van der Waals surface area contributed by atoms with E-state index in [9.17, 15) is 35.9 Å². The standard InChI is InChI=1S/C23H27F6N3O3/c1-8-9-16-11-18(32(15(5)33)20(34)19-13(3)30-31(6)14(19)4)12(2)10-17(16)21(35-7,22(24,25)26)23(27,28)29/h10-11H,8-9H2,1-7H3. The Labute approximate surface area is 198 Å². The van der Waals surface area contributed by atoms with Gasteiger partial charge in [0.2, 0.25) is 5.91 Å². The monoisotopic (exact) mass is 507 g/mol. The number of benzene rings is 1. The number of nitrogens with zero attached hydrogens (tertiary/aromatic N) is 3. The summed E-state index contributed by atoms with van der Waals surface area (Å²) in [5.41, 5.74) is -5.46. The van der Waals surface area contributed by atoms with Crippen LogP contribution in [-0.4, -0.2) is 41.1 Å². The van der Waals surface area contributed by atoms with E-state index in [1.54, 1.807) is 27.8 Å². The Balaban J connectivity index is 2.88. The molecule has 0 aliphatic carbocycles. The van der Waals surface area contributed by atoms with Gasteiger partial charge in [0.05, 0.1) is 16.9 Å². The van der Waals surface area contributed by atoms with Gasteiger partial charge in [-0.25, -0.2) is 4.90 Å². The topological polar surface area (TPSA) is 64.4 Å². The molecule has 0 aliphatic heterocycles. The summed E-state index contributed by atoms with van der Waals surface area (Å²) < 4.78 is 89.4. The zero-order valence-corrected chi connectivity index (χ0v) is 20.4. The molecule has 1 aromatic carbocycles. The summed E-state index contributed by atoms with van der Waals surface area (Å²) in [6.07, 6.45) is -11.7. The lowest BCUT2D eigenvalue weighted by Gasteiger charge is -2.38. The van der Waals surface area contributed by atoms with E-state index in [0.29, 0.717) is 24.6 Å². The molecule has 194 valence electrons. The van der Waals surface area contributed by atoms with Crippen molar-refractivity contribution >= 4 is 17.5 Å². The number of ether oxygens (including phenoxy) is 1. The highest BCUT2D eigenvalue weighted by Crippen LogP contribution is 2.54. The summed E-state index contributed by atoms with van der Waals surface area (Å²) in [5, 5.41) is 4.14. The van der Waals surface area contributed by atoms with Crippen LogP contribution in [0.4, 0.5) is 32.0 Å². The molecule has 35 heavy (non-hydrogen) atoms. The Morgan fingerprint density at radius 3 is 1.97 bits per heavy atom. The summed E-state index contributed by atoms with van der Waals surface area (Å²) in [6, 6.07) is 1.72. The van der Waals surface area contributed by atoms with Crippen LogP contribution in [0.25, 0.3) is 0 Å². The van der Waals surface area contributed by atoms with E-state index in [1.165, 1.54) is 11.6 Å². The van der Waals surface area contributed by atoms with E-state index in [4.69, 9.17) is 0 Å². The SMILES string of the molecule is CCCc1cc(N(C(C)=O)C(=O)c2c(C)nn(C)c2C)c(C)cc1C(OC)(C(F)(F)F)C(F)(F)F. The number of hydrogen-bond acceptors (Lipinski definition) is 4. The Morgan fingerprint density at radius 2 is 1.60 bits per heavy atom. The maximum atomic E-state index is 14.0. The number of rotatable bonds is 6. The first kappa shape index (κ1) is 28.3. The van der Waals surface area contributed by atoms with Gasteiger partial charge in [0, 0.05) is 32.3 Å². The van der Waals surface area contributed by atoms with Crippen LogP contribution in [0.2, 0.25) is 0 Å². The highest BCUT2D eigenvalue weighted by molar-refractivity contribution is 6.21. The quantitative estimate of drug-likeness (QED) is 0.488. The Kier molecular flexibility index (Phi) is 7.80. The van der Waals surface area contributed by atoms with Crippen molar-refractivity contribution in [2.75, 3.05) is 12.0 Å². The Hall–Kier alpha value is -2.89. The van der Waals surface area contributed by atoms with Crippen molar-refractivity contribution in [3.05, 3.63) is 45.8 Å². The first-order chi connectivity index (χ1) is 16.0. The fraction of sp³-hybridized carbons (Fsp3) is 0.522. The molecule has 2 amide bonds. The van der Waals surface area contributed by atoms with Crippen LogP contribution in [0, 0.1) is 20.8 Å². The van der Waals surface area contributed by atoms with Crippen LogP contribution in [0.15, 0.2) is 12.1 Å². The van der Waals surface area contributed by atoms with Gasteiger partial charge in [-0.3, -0.25) is 14.3 Å². The number of imide groups is 1. The van der Waals surface area contributed by atoms with Crippen molar-refractivity contribution in [1.82, 2.24) is 9.78 Å². The molecule has 1 heterocycles. The third kappa shape index (κ3) is 4.67. The zero-order valence-electron chi connectivity index (χ0n) is 20.4.